The Morgan fingerprint density at radius 2 is 1.73 bits per heavy atom. The van der Waals surface area contributed by atoms with Crippen LogP contribution in [0.25, 0.3) is 11.4 Å². The van der Waals surface area contributed by atoms with E-state index in [2.05, 4.69) is 20.4 Å². The molecule has 1 aliphatic heterocycles. The fourth-order valence-electron chi connectivity index (χ4n) is 3.89. The highest BCUT2D eigenvalue weighted by Crippen LogP contribution is 2.18. The molecule has 2 amide bonds. The number of hydrogen-bond donors (Lipinski definition) is 2. The second kappa shape index (κ2) is 10.5. The van der Waals surface area contributed by atoms with E-state index in [4.69, 9.17) is 12.2 Å². The number of aromatic nitrogens is 3. The third kappa shape index (κ3) is 5.94. The van der Waals surface area contributed by atoms with Crippen LogP contribution in [0.1, 0.15) is 12.0 Å². The van der Waals surface area contributed by atoms with Gasteiger partial charge in [0.05, 0.1) is 6.54 Å². The summed E-state index contributed by atoms with van der Waals surface area (Å²) in [6.45, 7) is 5.40. The number of carbonyl (C=O) groups is 2. The van der Waals surface area contributed by atoms with Crippen molar-refractivity contribution in [2.75, 3.05) is 38.0 Å². The van der Waals surface area contributed by atoms with Gasteiger partial charge >= 0.3 is 0 Å². The summed E-state index contributed by atoms with van der Waals surface area (Å²) in [5, 5.41) is 10.1. The van der Waals surface area contributed by atoms with Gasteiger partial charge in [0.15, 0.2) is 10.6 Å². The Balaban J connectivity index is 1.26. The maximum atomic E-state index is 12.8. The molecule has 2 aromatic carbocycles. The predicted octanol–water partition coefficient (Wildman–Crippen LogP) is 3.09. The molecule has 0 atom stereocenters. The number of H-pyrrole nitrogens is 1. The van der Waals surface area contributed by atoms with Crippen molar-refractivity contribution in [1.82, 2.24) is 24.6 Å². The number of para-hydroxylation sites is 1. The monoisotopic (exact) mass is 464 g/mol. The molecule has 4 rings (SSSR count). The third-order valence-electron chi connectivity index (χ3n) is 5.77. The number of anilines is 1. The number of nitrogens with one attached hydrogen (secondary N) is 2. The Morgan fingerprint density at radius 1 is 1.03 bits per heavy atom. The molecular formula is C24H28N6O2S. The lowest BCUT2D eigenvalue weighted by Crippen LogP contribution is -2.50. The van der Waals surface area contributed by atoms with Gasteiger partial charge in [-0.2, -0.15) is 5.10 Å². The molecule has 0 bridgehead atoms. The summed E-state index contributed by atoms with van der Waals surface area (Å²) in [7, 11) is 0. The van der Waals surface area contributed by atoms with Crippen LogP contribution >= 0.6 is 12.2 Å². The van der Waals surface area contributed by atoms with Gasteiger partial charge in [0.1, 0.15) is 0 Å². The SMILES string of the molecule is Cc1ccc(-c2n[nH]c(=S)n2CCC(=O)N2CCN(CC(=O)Nc3ccccc3)CC2)cc1. The van der Waals surface area contributed by atoms with Crippen molar-refractivity contribution in [3.8, 4) is 11.4 Å². The third-order valence-corrected chi connectivity index (χ3v) is 6.08. The van der Waals surface area contributed by atoms with Crippen molar-refractivity contribution in [2.24, 2.45) is 0 Å². The van der Waals surface area contributed by atoms with E-state index in [1.807, 2.05) is 71.0 Å². The maximum Gasteiger partial charge on any atom is 0.238 e. The molecule has 0 spiro atoms. The van der Waals surface area contributed by atoms with E-state index < -0.39 is 0 Å². The molecule has 0 radical (unpaired) electrons. The van der Waals surface area contributed by atoms with Gasteiger partial charge in [-0.05, 0) is 31.3 Å². The number of carbonyl (C=O) groups excluding carboxylic acids is 2. The topological polar surface area (TPSA) is 86.3 Å². The Labute approximate surface area is 198 Å². The zero-order valence-corrected chi connectivity index (χ0v) is 19.5. The van der Waals surface area contributed by atoms with Crippen LogP contribution in [0.2, 0.25) is 0 Å². The summed E-state index contributed by atoms with van der Waals surface area (Å²) >= 11 is 5.38. The van der Waals surface area contributed by atoms with Gasteiger partial charge in [-0.3, -0.25) is 24.2 Å². The molecule has 2 heterocycles. The van der Waals surface area contributed by atoms with Crippen molar-refractivity contribution >= 4 is 29.7 Å². The number of nitrogens with zero attached hydrogens (tertiary/aromatic N) is 4. The first-order valence-corrected chi connectivity index (χ1v) is 11.5. The predicted molar refractivity (Wildman–Crippen MR) is 130 cm³/mol. The van der Waals surface area contributed by atoms with E-state index in [-0.39, 0.29) is 11.8 Å². The lowest BCUT2D eigenvalue weighted by molar-refractivity contribution is -0.133. The quantitative estimate of drug-likeness (QED) is 0.525. The van der Waals surface area contributed by atoms with Crippen molar-refractivity contribution in [3.05, 3.63) is 64.9 Å². The number of piperazine rings is 1. The van der Waals surface area contributed by atoms with Gasteiger partial charge in [0, 0.05) is 50.4 Å². The molecule has 0 unspecified atom stereocenters. The van der Waals surface area contributed by atoms with Crippen LogP contribution in [0.4, 0.5) is 5.69 Å². The molecular weight excluding hydrogens is 436 g/mol. The molecule has 2 N–H and O–H groups in total. The molecule has 1 fully saturated rings. The molecule has 1 aliphatic rings. The molecule has 8 nitrogen and oxygen atoms in total. The van der Waals surface area contributed by atoms with Crippen LogP contribution in [0.5, 0.6) is 0 Å². The highest BCUT2D eigenvalue weighted by atomic mass is 32.1. The fraction of sp³-hybridized carbons (Fsp3) is 0.333. The van der Waals surface area contributed by atoms with E-state index in [1.165, 1.54) is 5.56 Å². The molecule has 33 heavy (non-hydrogen) atoms. The summed E-state index contributed by atoms with van der Waals surface area (Å²) in [5.41, 5.74) is 2.92. The Bertz CT molecular complexity index is 1150. The molecule has 0 saturated carbocycles. The summed E-state index contributed by atoms with van der Waals surface area (Å²) in [5.74, 6) is 0.780. The summed E-state index contributed by atoms with van der Waals surface area (Å²) in [6, 6.07) is 17.5. The Morgan fingerprint density at radius 3 is 2.42 bits per heavy atom. The first-order chi connectivity index (χ1) is 16.0. The summed E-state index contributed by atoms with van der Waals surface area (Å²) in [4.78, 5) is 29.0. The highest BCUT2D eigenvalue weighted by Gasteiger charge is 2.22. The van der Waals surface area contributed by atoms with Gasteiger partial charge in [-0.25, -0.2) is 0 Å². The Kier molecular flexibility index (Phi) is 7.31. The summed E-state index contributed by atoms with van der Waals surface area (Å²) < 4.78 is 2.38. The number of benzene rings is 2. The second-order valence-corrected chi connectivity index (χ2v) is 8.58. The number of amides is 2. The van der Waals surface area contributed by atoms with Crippen LogP contribution in [0.15, 0.2) is 54.6 Å². The van der Waals surface area contributed by atoms with Crippen molar-refractivity contribution in [3.63, 3.8) is 0 Å². The van der Waals surface area contributed by atoms with Crippen LogP contribution in [0.3, 0.4) is 0 Å². The minimum absolute atomic E-state index is 0.0426. The van der Waals surface area contributed by atoms with E-state index in [9.17, 15) is 9.59 Å². The largest absolute Gasteiger partial charge is 0.340 e. The van der Waals surface area contributed by atoms with Gasteiger partial charge in [-0.1, -0.05) is 48.0 Å². The lowest BCUT2D eigenvalue weighted by atomic mass is 10.1. The first kappa shape index (κ1) is 22.9. The van der Waals surface area contributed by atoms with Crippen molar-refractivity contribution in [2.45, 2.75) is 19.9 Å². The van der Waals surface area contributed by atoms with Crippen molar-refractivity contribution in [1.29, 1.82) is 0 Å². The highest BCUT2D eigenvalue weighted by molar-refractivity contribution is 7.71. The van der Waals surface area contributed by atoms with Gasteiger partial charge in [0.25, 0.3) is 0 Å². The van der Waals surface area contributed by atoms with Gasteiger partial charge in [0.2, 0.25) is 11.8 Å². The first-order valence-electron chi connectivity index (χ1n) is 11.1. The van der Waals surface area contributed by atoms with E-state index in [0.717, 1.165) is 17.1 Å². The molecule has 0 aliphatic carbocycles. The zero-order chi connectivity index (χ0) is 23.2. The van der Waals surface area contributed by atoms with E-state index in [0.29, 0.717) is 50.5 Å². The van der Waals surface area contributed by atoms with Gasteiger partial charge in [-0.15, -0.1) is 0 Å². The van der Waals surface area contributed by atoms with Crippen LogP contribution in [-0.4, -0.2) is 69.1 Å². The molecule has 172 valence electrons. The van der Waals surface area contributed by atoms with Crippen molar-refractivity contribution < 1.29 is 9.59 Å². The van der Waals surface area contributed by atoms with E-state index >= 15 is 0 Å². The average Bonchev–Trinajstić information content (AvgIpc) is 3.19. The standard InChI is InChI=1S/C24H28N6O2S/c1-18-7-9-19(10-8-18)23-26-27-24(33)30(23)12-11-22(32)29-15-13-28(14-16-29)17-21(31)25-20-5-3-2-4-6-20/h2-10H,11-17H2,1H3,(H,25,31)(H,27,33). The van der Waals surface area contributed by atoms with Crippen LogP contribution in [-0.2, 0) is 16.1 Å². The van der Waals surface area contributed by atoms with E-state index in [1.54, 1.807) is 0 Å². The number of rotatable bonds is 7. The maximum absolute atomic E-state index is 12.8. The average molecular weight is 465 g/mol. The number of aromatic amines is 1. The smallest absolute Gasteiger partial charge is 0.238 e. The normalized spacial score (nSPS) is 14.3. The number of hydrogen-bond acceptors (Lipinski definition) is 5. The van der Waals surface area contributed by atoms with Crippen LogP contribution < -0.4 is 5.32 Å². The van der Waals surface area contributed by atoms with Crippen LogP contribution in [0, 0.1) is 11.7 Å². The molecule has 3 aromatic rings. The fourth-order valence-corrected chi connectivity index (χ4v) is 4.12. The minimum atomic E-state index is -0.0426. The zero-order valence-electron chi connectivity index (χ0n) is 18.7. The van der Waals surface area contributed by atoms with Gasteiger partial charge < -0.3 is 10.2 Å². The Hall–Kier alpha value is -3.30. The summed E-state index contributed by atoms with van der Waals surface area (Å²) in [6.07, 6.45) is 0.348. The minimum Gasteiger partial charge on any atom is -0.340 e. The lowest BCUT2D eigenvalue weighted by Gasteiger charge is -2.34. The molecule has 1 aromatic heterocycles. The number of aryl methyl sites for hydroxylation is 1. The molecule has 1 saturated heterocycles. The molecule has 9 heteroatoms. The second-order valence-electron chi connectivity index (χ2n) is 8.19.